The Morgan fingerprint density at radius 3 is 2.53 bits per heavy atom. The van der Waals surface area contributed by atoms with Crippen LogP contribution >= 0.6 is 11.6 Å². The Bertz CT molecular complexity index is 557. The van der Waals surface area contributed by atoms with Gasteiger partial charge in [-0.3, -0.25) is 0 Å². The zero-order valence-corrected chi connectivity index (χ0v) is 9.96. The van der Waals surface area contributed by atoms with Gasteiger partial charge in [-0.2, -0.15) is 0 Å². The highest BCUT2D eigenvalue weighted by atomic mass is 35.5. The third-order valence-electron chi connectivity index (χ3n) is 2.51. The van der Waals surface area contributed by atoms with Crippen LogP contribution in [0.3, 0.4) is 0 Å². The number of nitrogens with two attached hydrogens (primary N) is 1. The number of benzene rings is 2. The SMILES string of the molecule is COc1ccccc1-c1ccc(N)c(F)c1Cl. The summed E-state index contributed by atoms with van der Waals surface area (Å²) in [6, 6.07) is 10.4. The highest BCUT2D eigenvalue weighted by Crippen LogP contribution is 2.37. The smallest absolute Gasteiger partial charge is 0.165 e. The Morgan fingerprint density at radius 1 is 1.12 bits per heavy atom. The molecule has 2 nitrogen and oxygen atoms in total. The van der Waals surface area contributed by atoms with Gasteiger partial charge in [-0.1, -0.05) is 35.9 Å². The van der Waals surface area contributed by atoms with Crippen molar-refractivity contribution in [2.75, 3.05) is 12.8 Å². The van der Waals surface area contributed by atoms with Crippen LogP contribution in [0.15, 0.2) is 36.4 Å². The largest absolute Gasteiger partial charge is 0.496 e. The average molecular weight is 252 g/mol. The highest BCUT2D eigenvalue weighted by Gasteiger charge is 2.13. The van der Waals surface area contributed by atoms with Crippen LogP contribution in [0.5, 0.6) is 5.75 Å². The summed E-state index contributed by atoms with van der Waals surface area (Å²) in [5.41, 5.74) is 6.78. The van der Waals surface area contributed by atoms with Crippen LogP contribution in [0.2, 0.25) is 5.02 Å². The van der Waals surface area contributed by atoms with Crippen molar-refractivity contribution in [2.45, 2.75) is 0 Å². The van der Waals surface area contributed by atoms with Gasteiger partial charge in [0.1, 0.15) is 5.75 Å². The summed E-state index contributed by atoms with van der Waals surface area (Å²) in [5, 5.41) is 0.00880. The van der Waals surface area contributed by atoms with Gasteiger partial charge in [0.15, 0.2) is 5.82 Å². The maximum atomic E-state index is 13.6. The van der Waals surface area contributed by atoms with E-state index in [4.69, 9.17) is 22.1 Å². The second-order valence-electron chi connectivity index (χ2n) is 3.53. The summed E-state index contributed by atoms with van der Waals surface area (Å²) in [5.74, 6) is 0.0358. The van der Waals surface area contributed by atoms with Gasteiger partial charge in [0, 0.05) is 11.1 Å². The standard InChI is InChI=1S/C13H11ClFNO/c1-17-11-5-3-2-4-8(11)9-6-7-10(16)13(15)12(9)14/h2-7H,16H2,1H3. The van der Waals surface area contributed by atoms with Crippen molar-refractivity contribution in [3.63, 3.8) is 0 Å². The molecule has 2 N–H and O–H groups in total. The minimum Gasteiger partial charge on any atom is -0.496 e. The number of hydrogen-bond donors (Lipinski definition) is 1. The molecule has 0 aliphatic rings. The number of anilines is 1. The summed E-state index contributed by atoms with van der Waals surface area (Å²) in [4.78, 5) is 0. The van der Waals surface area contributed by atoms with E-state index in [1.807, 2.05) is 18.2 Å². The minimum atomic E-state index is -0.602. The quantitative estimate of drug-likeness (QED) is 0.826. The van der Waals surface area contributed by atoms with Crippen LogP contribution in [-0.2, 0) is 0 Å². The predicted octanol–water partition coefficient (Wildman–Crippen LogP) is 3.74. The lowest BCUT2D eigenvalue weighted by Gasteiger charge is -2.11. The Labute approximate surface area is 104 Å². The van der Waals surface area contributed by atoms with Gasteiger partial charge in [-0.15, -0.1) is 0 Å². The van der Waals surface area contributed by atoms with Crippen LogP contribution in [0.25, 0.3) is 11.1 Å². The molecule has 0 unspecified atom stereocenters. The number of nitrogen functional groups attached to an aromatic ring is 1. The van der Waals surface area contributed by atoms with Crippen LogP contribution in [0, 0.1) is 5.82 Å². The summed E-state index contributed by atoms with van der Waals surface area (Å²) in [7, 11) is 1.56. The number of rotatable bonds is 2. The minimum absolute atomic E-state index is 0.00880. The fourth-order valence-electron chi connectivity index (χ4n) is 1.64. The normalized spacial score (nSPS) is 10.3. The number of methoxy groups -OCH3 is 1. The van der Waals surface area contributed by atoms with E-state index in [0.29, 0.717) is 11.3 Å². The Balaban J connectivity index is 2.65. The molecule has 17 heavy (non-hydrogen) atoms. The van der Waals surface area contributed by atoms with E-state index in [2.05, 4.69) is 0 Å². The zero-order valence-electron chi connectivity index (χ0n) is 9.21. The van der Waals surface area contributed by atoms with Gasteiger partial charge < -0.3 is 10.5 Å². The number of halogens is 2. The molecule has 0 heterocycles. The summed E-state index contributed by atoms with van der Waals surface area (Å²) < 4.78 is 18.8. The summed E-state index contributed by atoms with van der Waals surface area (Å²) >= 11 is 5.95. The molecule has 0 fully saturated rings. The molecule has 0 aliphatic heterocycles. The van der Waals surface area contributed by atoms with Gasteiger partial charge >= 0.3 is 0 Å². The molecule has 0 aliphatic carbocycles. The third kappa shape index (κ3) is 2.06. The molecule has 0 saturated heterocycles. The van der Waals surface area contributed by atoms with Gasteiger partial charge in [0.2, 0.25) is 0 Å². The van der Waals surface area contributed by atoms with E-state index in [9.17, 15) is 4.39 Å². The molecule has 2 aromatic carbocycles. The van der Waals surface area contributed by atoms with E-state index in [1.54, 1.807) is 19.2 Å². The number of hydrogen-bond acceptors (Lipinski definition) is 2. The van der Waals surface area contributed by atoms with E-state index < -0.39 is 5.82 Å². The average Bonchev–Trinajstić information content (AvgIpc) is 2.36. The molecular formula is C13H11ClFNO. The van der Waals surface area contributed by atoms with Gasteiger partial charge in [-0.25, -0.2) is 4.39 Å². The first-order valence-electron chi connectivity index (χ1n) is 5.02. The first-order chi connectivity index (χ1) is 8.15. The van der Waals surface area contributed by atoms with Gasteiger partial charge in [0.25, 0.3) is 0 Å². The first kappa shape index (κ1) is 11.7. The van der Waals surface area contributed by atoms with Crippen molar-refractivity contribution in [1.29, 1.82) is 0 Å². The van der Waals surface area contributed by atoms with Crippen molar-refractivity contribution in [2.24, 2.45) is 0 Å². The predicted molar refractivity (Wildman–Crippen MR) is 67.8 cm³/mol. The molecule has 0 bridgehead atoms. The lowest BCUT2D eigenvalue weighted by atomic mass is 10.0. The maximum Gasteiger partial charge on any atom is 0.165 e. The van der Waals surface area contributed by atoms with E-state index in [0.717, 1.165) is 5.56 Å². The Kier molecular flexibility index (Phi) is 3.20. The van der Waals surface area contributed by atoms with Gasteiger partial charge in [0.05, 0.1) is 17.8 Å². The van der Waals surface area contributed by atoms with Crippen molar-refractivity contribution in [3.8, 4) is 16.9 Å². The second kappa shape index (κ2) is 4.63. The fourth-order valence-corrected chi connectivity index (χ4v) is 1.91. The summed E-state index contributed by atoms with van der Waals surface area (Å²) in [6.45, 7) is 0. The van der Waals surface area contributed by atoms with Crippen LogP contribution < -0.4 is 10.5 Å². The van der Waals surface area contributed by atoms with E-state index >= 15 is 0 Å². The zero-order chi connectivity index (χ0) is 12.4. The van der Waals surface area contributed by atoms with E-state index in [-0.39, 0.29) is 10.7 Å². The second-order valence-corrected chi connectivity index (χ2v) is 3.91. The van der Waals surface area contributed by atoms with Crippen LogP contribution in [-0.4, -0.2) is 7.11 Å². The molecule has 0 aromatic heterocycles. The molecule has 88 valence electrons. The van der Waals surface area contributed by atoms with Crippen molar-refractivity contribution < 1.29 is 9.13 Å². The van der Waals surface area contributed by atoms with Crippen molar-refractivity contribution >= 4 is 17.3 Å². The number of ether oxygens (including phenoxy) is 1. The molecule has 2 rings (SSSR count). The number of para-hydroxylation sites is 1. The van der Waals surface area contributed by atoms with E-state index in [1.165, 1.54) is 6.07 Å². The van der Waals surface area contributed by atoms with Crippen LogP contribution in [0.1, 0.15) is 0 Å². The molecule has 0 amide bonds. The highest BCUT2D eigenvalue weighted by molar-refractivity contribution is 6.33. The Hall–Kier alpha value is -1.74. The molecule has 4 heteroatoms. The molecule has 0 spiro atoms. The third-order valence-corrected chi connectivity index (χ3v) is 2.88. The fraction of sp³-hybridized carbons (Fsp3) is 0.0769. The molecule has 0 atom stereocenters. The maximum absolute atomic E-state index is 13.6. The lowest BCUT2D eigenvalue weighted by molar-refractivity contribution is 0.416. The molecule has 0 radical (unpaired) electrons. The molecule has 2 aromatic rings. The van der Waals surface area contributed by atoms with Gasteiger partial charge in [-0.05, 0) is 12.1 Å². The monoisotopic (exact) mass is 251 g/mol. The summed E-state index contributed by atoms with van der Waals surface area (Å²) in [6.07, 6.45) is 0. The molecular weight excluding hydrogens is 241 g/mol. The Morgan fingerprint density at radius 2 is 1.82 bits per heavy atom. The van der Waals surface area contributed by atoms with Crippen LogP contribution in [0.4, 0.5) is 10.1 Å². The van der Waals surface area contributed by atoms with Crippen molar-refractivity contribution in [1.82, 2.24) is 0 Å². The first-order valence-corrected chi connectivity index (χ1v) is 5.40. The van der Waals surface area contributed by atoms with Crippen molar-refractivity contribution in [3.05, 3.63) is 47.2 Å². The topological polar surface area (TPSA) is 35.2 Å². The molecule has 0 saturated carbocycles. The lowest BCUT2D eigenvalue weighted by Crippen LogP contribution is -1.94.